The highest BCUT2D eigenvalue weighted by Gasteiger charge is 2.55. The standard InChI is InChI=1S/C18H20N4O3/c1-12-6-4-5-9-18(12)16(24)22(17(25)21-18)11-15(23)20-14-8-3-2-7-13(14)10-19/h2-3,7-8,12H,4-6,9,11H2,1H3,(H,20,23)(H,21,25). The molecule has 25 heavy (non-hydrogen) atoms. The lowest BCUT2D eigenvalue weighted by molar-refractivity contribution is -0.136. The summed E-state index contributed by atoms with van der Waals surface area (Å²) in [6, 6.07) is 8.05. The summed E-state index contributed by atoms with van der Waals surface area (Å²) in [5.74, 6) is -0.787. The molecule has 0 radical (unpaired) electrons. The maximum Gasteiger partial charge on any atom is 0.325 e. The van der Waals surface area contributed by atoms with Crippen LogP contribution in [0.2, 0.25) is 0 Å². The van der Waals surface area contributed by atoms with Gasteiger partial charge in [-0.2, -0.15) is 5.26 Å². The van der Waals surface area contributed by atoms with Crippen molar-refractivity contribution in [2.24, 2.45) is 5.92 Å². The molecule has 130 valence electrons. The number of imide groups is 1. The Morgan fingerprint density at radius 1 is 1.40 bits per heavy atom. The number of anilines is 1. The second kappa shape index (κ2) is 6.55. The van der Waals surface area contributed by atoms with Crippen LogP contribution in [0.5, 0.6) is 0 Å². The number of urea groups is 1. The molecule has 1 aromatic carbocycles. The summed E-state index contributed by atoms with van der Waals surface area (Å²) in [4.78, 5) is 38.4. The van der Waals surface area contributed by atoms with Crippen molar-refractivity contribution < 1.29 is 14.4 Å². The van der Waals surface area contributed by atoms with E-state index in [-0.39, 0.29) is 18.4 Å². The molecule has 1 aliphatic heterocycles. The minimum atomic E-state index is -0.875. The lowest BCUT2D eigenvalue weighted by Gasteiger charge is -2.36. The minimum absolute atomic E-state index is 0.0464. The van der Waals surface area contributed by atoms with Gasteiger partial charge in [-0.1, -0.05) is 31.9 Å². The van der Waals surface area contributed by atoms with Crippen molar-refractivity contribution in [2.75, 3.05) is 11.9 Å². The molecule has 2 fully saturated rings. The van der Waals surface area contributed by atoms with E-state index in [1.54, 1.807) is 24.3 Å². The third-order valence-corrected chi connectivity index (χ3v) is 5.12. The number of rotatable bonds is 3. The Morgan fingerprint density at radius 2 is 2.16 bits per heavy atom. The van der Waals surface area contributed by atoms with Crippen LogP contribution >= 0.6 is 0 Å². The number of amides is 4. The van der Waals surface area contributed by atoms with Crippen molar-refractivity contribution >= 4 is 23.5 Å². The van der Waals surface area contributed by atoms with E-state index in [9.17, 15) is 14.4 Å². The Kier molecular flexibility index (Phi) is 4.45. The molecule has 1 heterocycles. The Bertz CT molecular complexity index is 770. The highest BCUT2D eigenvalue weighted by Crippen LogP contribution is 2.38. The van der Waals surface area contributed by atoms with E-state index in [1.165, 1.54) is 0 Å². The van der Waals surface area contributed by atoms with Crippen LogP contribution in [0.25, 0.3) is 0 Å². The second-order valence-corrected chi connectivity index (χ2v) is 6.65. The zero-order valence-corrected chi connectivity index (χ0v) is 14.0. The van der Waals surface area contributed by atoms with E-state index in [4.69, 9.17) is 5.26 Å². The first-order valence-electron chi connectivity index (χ1n) is 8.41. The number of nitriles is 1. The molecule has 0 bridgehead atoms. The first-order valence-corrected chi connectivity index (χ1v) is 8.41. The van der Waals surface area contributed by atoms with Crippen LogP contribution in [-0.4, -0.2) is 34.8 Å². The van der Waals surface area contributed by atoms with Gasteiger partial charge in [0.1, 0.15) is 18.2 Å². The first-order chi connectivity index (χ1) is 12.0. The quantitative estimate of drug-likeness (QED) is 0.822. The largest absolute Gasteiger partial charge is 0.325 e. The lowest BCUT2D eigenvalue weighted by atomic mass is 9.73. The molecule has 1 spiro atoms. The second-order valence-electron chi connectivity index (χ2n) is 6.65. The van der Waals surface area contributed by atoms with E-state index >= 15 is 0 Å². The number of hydrogen-bond donors (Lipinski definition) is 2. The third-order valence-electron chi connectivity index (χ3n) is 5.12. The van der Waals surface area contributed by atoms with Crippen molar-refractivity contribution in [1.29, 1.82) is 5.26 Å². The summed E-state index contributed by atoms with van der Waals surface area (Å²) >= 11 is 0. The molecule has 2 N–H and O–H groups in total. The number of hydrogen-bond acceptors (Lipinski definition) is 4. The number of nitrogens with zero attached hydrogens (tertiary/aromatic N) is 2. The maximum atomic E-state index is 12.8. The van der Waals surface area contributed by atoms with Crippen LogP contribution < -0.4 is 10.6 Å². The lowest BCUT2D eigenvalue weighted by Crippen LogP contribution is -2.54. The van der Waals surface area contributed by atoms with Crippen LogP contribution in [-0.2, 0) is 9.59 Å². The fraction of sp³-hybridized carbons (Fsp3) is 0.444. The normalized spacial score (nSPS) is 25.6. The highest BCUT2D eigenvalue weighted by molar-refractivity contribution is 6.10. The molecular formula is C18H20N4O3. The predicted molar refractivity (Wildman–Crippen MR) is 90.4 cm³/mol. The fourth-order valence-corrected chi connectivity index (χ4v) is 3.66. The average molecular weight is 340 g/mol. The van der Waals surface area contributed by atoms with Crippen LogP contribution in [0.1, 0.15) is 38.2 Å². The van der Waals surface area contributed by atoms with Crippen LogP contribution in [0, 0.1) is 17.2 Å². The van der Waals surface area contributed by atoms with E-state index < -0.39 is 17.5 Å². The molecule has 1 aliphatic carbocycles. The predicted octanol–water partition coefficient (Wildman–Crippen LogP) is 2.00. The molecule has 1 saturated heterocycles. The topological polar surface area (TPSA) is 102 Å². The van der Waals surface area contributed by atoms with Crippen molar-refractivity contribution in [1.82, 2.24) is 10.2 Å². The molecule has 7 heteroatoms. The first kappa shape index (κ1) is 17.0. The van der Waals surface area contributed by atoms with Crippen LogP contribution in [0.3, 0.4) is 0 Å². The highest BCUT2D eigenvalue weighted by atomic mass is 16.2. The molecule has 7 nitrogen and oxygen atoms in total. The zero-order valence-electron chi connectivity index (χ0n) is 14.0. The van der Waals surface area contributed by atoms with Crippen molar-refractivity contribution in [3.05, 3.63) is 29.8 Å². The number of carbonyl (C=O) groups excluding carboxylic acids is 3. The molecule has 1 aromatic rings. The zero-order chi connectivity index (χ0) is 18.0. The fourth-order valence-electron chi connectivity index (χ4n) is 3.66. The van der Waals surface area contributed by atoms with Gasteiger partial charge in [-0.15, -0.1) is 0 Å². The van der Waals surface area contributed by atoms with Gasteiger partial charge in [0, 0.05) is 0 Å². The monoisotopic (exact) mass is 340 g/mol. The van der Waals surface area contributed by atoms with Gasteiger partial charge in [0.05, 0.1) is 11.3 Å². The Balaban J connectivity index is 1.72. The Morgan fingerprint density at radius 3 is 2.88 bits per heavy atom. The van der Waals surface area contributed by atoms with Gasteiger partial charge in [0.25, 0.3) is 5.91 Å². The molecule has 2 unspecified atom stereocenters. The van der Waals surface area contributed by atoms with Crippen molar-refractivity contribution in [3.63, 3.8) is 0 Å². The summed E-state index contributed by atoms with van der Waals surface area (Å²) in [5.41, 5.74) is -0.187. The van der Waals surface area contributed by atoms with Gasteiger partial charge < -0.3 is 10.6 Å². The smallest absolute Gasteiger partial charge is 0.323 e. The molecule has 3 rings (SSSR count). The summed E-state index contributed by atoms with van der Waals surface area (Å²) in [6.07, 6.45) is 3.40. The van der Waals surface area contributed by atoms with Gasteiger partial charge in [-0.25, -0.2) is 4.79 Å². The Hall–Kier alpha value is -2.88. The molecule has 4 amide bonds. The van der Waals surface area contributed by atoms with Crippen LogP contribution in [0.4, 0.5) is 10.5 Å². The number of carbonyl (C=O) groups is 3. The molecular weight excluding hydrogens is 320 g/mol. The number of benzene rings is 1. The average Bonchev–Trinajstić information content (AvgIpc) is 2.83. The molecule has 0 aromatic heterocycles. The summed E-state index contributed by atoms with van der Waals surface area (Å²) in [6.45, 7) is 1.60. The Labute approximate surface area is 146 Å². The number of nitrogens with one attached hydrogen (secondary N) is 2. The minimum Gasteiger partial charge on any atom is -0.323 e. The summed E-state index contributed by atoms with van der Waals surface area (Å²) in [7, 11) is 0. The van der Waals surface area contributed by atoms with Gasteiger partial charge in [-0.3, -0.25) is 14.5 Å². The van der Waals surface area contributed by atoms with E-state index in [1.807, 2.05) is 13.0 Å². The number of para-hydroxylation sites is 1. The summed E-state index contributed by atoms with van der Waals surface area (Å²) in [5, 5.41) is 14.5. The van der Waals surface area contributed by atoms with Crippen LogP contribution in [0.15, 0.2) is 24.3 Å². The van der Waals surface area contributed by atoms with E-state index in [2.05, 4.69) is 10.6 Å². The van der Waals surface area contributed by atoms with Crippen molar-refractivity contribution in [2.45, 2.75) is 38.1 Å². The molecule has 1 saturated carbocycles. The van der Waals surface area contributed by atoms with E-state index in [0.717, 1.165) is 24.2 Å². The van der Waals surface area contributed by atoms with Crippen molar-refractivity contribution in [3.8, 4) is 6.07 Å². The molecule has 2 atom stereocenters. The SMILES string of the molecule is CC1CCCCC12NC(=O)N(CC(=O)Nc1ccccc1C#N)C2=O. The third kappa shape index (κ3) is 2.95. The van der Waals surface area contributed by atoms with Gasteiger partial charge in [-0.05, 0) is 30.9 Å². The summed E-state index contributed by atoms with van der Waals surface area (Å²) < 4.78 is 0. The van der Waals surface area contributed by atoms with Gasteiger partial charge >= 0.3 is 6.03 Å². The van der Waals surface area contributed by atoms with Gasteiger partial charge in [0.2, 0.25) is 5.91 Å². The van der Waals surface area contributed by atoms with Gasteiger partial charge in [0.15, 0.2) is 0 Å². The maximum absolute atomic E-state index is 12.8. The van der Waals surface area contributed by atoms with E-state index in [0.29, 0.717) is 17.7 Å². The molecule has 2 aliphatic rings.